The minimum Gasteiger partial charge on any atom is -0.394 e. The molecule has 0 spiro atoms. The third kappa shape index (κ3) is 2.82. The van der Waals surface area contributed by atoms with Crippen LogP contribution in [0.5, 0.6) is 0 Å². The molecule has 88 valence electrons. The van der Waals surface area contributed by atoms with Gasteiger partial charge in [0.15, 0.2) is 5.82 Å². The topological polar surface area (TPSA) is 92.9 Å². The summed E-state index contributed by atoms with van der Waals surface area (Å²) in [6.07, 6.45) is 2.92. The van der Waals surface area contributed by atoms with Crippen LogP contribution in [0.3, 0.4) is 0 Å². The Bertz CT molecular complexity index is 377. The van der Waals surface area contributed by atoms with Gasteiger partial charge in [-0.3, -0.25) is 4.79 Å². The minimum atomic E-state index is -0.522. The monoisotopic (exact) mass is 223 g/mol. The van der Waals surface area contributed by atoms with Crippen molar-refractivity contribution in [2.75, 3.05) is 24.6 Å². The van der Waals surface area contributed by atoms with Crippen molar-refractivity contribution in [3.8, 4) is 0 Å². The molecule has 1 rings (SSSR count). The molecule has 0 aliphatic rings. The highest BCUT2D eigenvalue weighted by Crippen LogP contribution is 2.18. The summed E-state index contributed by atoms with van der Waals surface area (Å²) in [6.45, 7) is 4.14. The lowest BCUT2D eigenvalue weighted by Crippen LogP contribution is -2.39. The zero-order valence-corrected chi connectivity index (χ0v) is 9.74. The highest BCUT2D eigenvalue weighted by molar-refractivity contribution is 5.82. The van der Waals surface area contributed by atoms with E-state index in [0.29, 0.717) is 18.1 Å². The number of anilines is 2. The van der Waals surface area contributed by atoms with Crippen LogP contribution in [0.25, 0.3) is 0 Å². The summed E-state index contributed by atoms with van der Waals surface area (Å²) in [5, 5.41) is 5.64. The lowest BCUT2D eigenvalue weighted by atomic mass is 9.92. The molecule has 0 aromatic carbocycles. The lowest BCUT2D eigenvalue weighted by Gasteiger charge is -2.23. The van der Waals surface area contributed by atoms with Gasteiger partial charge in [0.1, 0.15) is 6.33 Å². The van der Waals surface area contributed by atoms with E-state index in [1.165, 1.54) is 12.5 Å². The molecule has 0 atom stereocenters. The Labute approximate surface area is 94.7 Å². The van der Waals surface area contributed by atoms with E-state index in [2.05, 4.69) is 20.6 Å². The molecule has 0 unspecified atom stereocenters. The van der Waals surface area contributed by atoms with Gasteiger partial charge in [-0.2, -0.15) is 0 Å². The number of rotatable bonds is 4. The summed E-state index contributed by atoms with van der Waals surface area (Å²) in [6, 6.07) is 0. The first-order chi connectivity index (χ1) is 7.47. The number of hydrogen-bond acceptors (Lipinski definition) is 5. The summed E-state index contributed by atoms with van der Waals surface area (Å²) < 4.78 is 0. The van der Waals surface area contributed by atoms with Gasteiger partial charge in [0.25, 0.3) is 0 Å². The number of nitrogens with one attached hydrogen (secondary N) is 2. The van der Waals surface area contributed by atoms with Crippen LogP contribution < -0.4 is 16.4 Å². The van der Waals surface area contributed by atoms with E-state index in [1.807, 2.05) is 13.8 Å². The van der Waals surface area contributed by atoms with Crippen LogP contribution >= 0.6 is 0 Å². The quantitative estimate of drug-likeness (QED) is 0.680. The number of hydrogen-bond donors (Lipinski definition) is 3. The average Bonchev–Trinajstić information content (AvgIpc) is 2.27. The van der Waals surface area contributed by atoms with Crippen LogP contribution in [-0.2, 0) is 4.79 Å². The number of nitrogen functional groups attached to an aromatic ring is 1. The van der Waals surface area contributed by atoms with Crippen LogP contribution in [0, 0.1) is 5.41 Å². The fourth-order valence-electron chi connectivity index (χ4n) is 1.21. The number of carbonyl (C=O) groups is 1. The van der Waals surface area contributed by atoms with Gasteiger partial charge in [-0.1, -0.05) is 0 Å². The normalized spacial score (nSPS) is 10.9. The second-order valence-electron chi connectivity index (χ2n) is 4.14. The fraction of sp³-hybridized carbons (Fsp3) is 0.500. The van der Waals surface area contributed by atoms with Crippen molar-refractivity contribution in [2.24, 2.45) is 5.41 Å². The summed E-state index contributed by atoms with van der Waals surface area (Å²) in [5.74, 6) is 0.514. The molecule has 1 aromatic rings. The molecule has 0 bridgehead atoms. The molecule has 0 saturated heterocycles. The van der Waals surface area contributed by atoms with E-state index in [4.69, 9.17) is 5.73 Å². The van der Waals surface area contributed by atoms with Gasteiger partial charge in [-0.15, -0.1) is 0 Å². The molecule has 0 aliphatic carbocycles. The number of aromatic nitrogens is 2. The van der Waals surface area contributed by atoms with Gasteiger partial charge >= 0.3 is 0 Å². The van der Waals surface area contributed by atoms with Crippen molar-refractivity contribution < 1.29 is 4.79 Å². The van der Waals surface area contributed by atoms with Crippen molar-refractivity contribution in [2.45, 2.75) is 13.8 Å². The zero-order chi connectivity index (χ0) is 12.2. The maximum absolute atomic E-state index is 11.5. The molecule has 4 N–H and O–H groups in total. The lowest BCUT2D eigenvalue weighted by molar-refractivity contribution is -0.128. The third-order valence-corrected chi connectivity index (χ3v) is 2.28. The maximum Gasteiger partial charge on any atom is 0.227 e. The average molecular weight is 223 g/mol. The standard InChI is InChI=1S/C10H17N5O/c1-10(2,9(16)12-3)5-14-8-7(11)4-13-6-15-8/h4,6H,5,11H2,1-3H3,(H,12,16)(H,13,14,15). The van der Waals surface area contributed by atoms with Crippen molar-refractivity contribution in [3.05, 3.63) is 12.5 Å². The number of nitrogens with zero attached hydrogens (tertiary/aromatic N) is 2. The van der Waals surface area contributed by atoms with Crippen LogP contribution in [0.2, 0.25) is 0 Å². The molecular weight excluding hydrogens is 206 g/mol. The number of nitrogens with two attached hydrogens (primary N) is 1. The van der Waals surface area contributed by atoms with Crippen molar-refractivity contribution >= 4 is 17.4 Å². The first kappa shape index (κ1) is 12.2. The highest BCUT2D eigenvalue weighted by atomic mass is 16.2. The van der Waals surface area contributed by atoms with Crippen LogP contribution in [0.15, 0.2) is 12.5 Å². The molecule has 16 heavy (non-hydrogen) atoms. The van der Waals surface area contributed by atoms with E-state index in [9.17, 15) is 4.79 Å². The molecule has 0 radical (unpaired) electrons. The minimum absolute atomic E-state index is 0.0346. The van der Waals surface area contributed by atoms with Crippen molar-refractivity contribution in [1.82, 2.24) is 15.3 Å². The van der Waals surface area contributed by atoms with Crippen LogP contribution in [0.1, 0.15) is 13.8 Å². The zero-order valence-electron chi connectivity index (χ0n) is 9.74. The number of amides is 1. The first-order valence-corrected chi connectivity index (χ1v) is 4.99. The van der Waals surface area contributed by atoms with Gasteiger partial charge in [0, 0.05) is 13.6 Å². The van der Waals surface area contributed by atoms with E-state index in [1.54, 1.807) is 7.05 Å². The molecule has 1 amide bonds. The Kier molecular flexibility index (Phi) is 3.65. The van der Waals surface area contributed by atoms with Gasteiger partial charge in [-0.25, -0.2) is 9.97 Å². The van der Waals surface area contributed by atoms with Crippen LogP contribution in [-0.4, -0.2) is 29.5 Å². The molecule has 6 heteroatoms. The van der Waals surface area contributed by atoms with Gasteiger partial charge in [0.2, 0.25) is 5.91 Å². The second kappa shape index (κ2) is 4.78. The Balaban J connectivity index is 2.65. The second-order valence-corrected chi connectivity index (χ2v) is 4.14. The Morgan fingerprint density at radius 2 is 2.25 bits per heavy atom. The SMILES string of the molecule is CNC(=O)C(C)(C)CNc1ncncc1N. The molecule has 1 aromatic heterocycles. The summed E-state index contributed by atoms with van der Waals surface area (Å²) in [5.41, 5.74) is 5.62. The smallest absolute Gasteiger partial charge is 0.227 e. The van der Waals surface area contributed by atoms with E-state index >= 15 is 0 Å². The molecule has 0 saturated carbocycles. The van der Waals surface area contributed by atoms with Crippen LogP contribution in [0.4, 0.5) is 11.5 Å². The summed E-state index contributed by atoms with van der Waals surface area (Å²) >= 11 is 0. The van der Waals surface area contributed by atoms with Crippen molar-refractivity contribution in [3.63, 3.8) is 0 Å². The van der Waals surface area contributed by atoms with Gasteiger partial charge in [-0.05, 0) is 13.8 Å². The summed E-state index contributed by atoms with van der Waals surface area (Å²) in [4.78, 5) is 19.3. The Morgan fingerprint density at radius 3 is 2.81 bits per heavy atom. The van der Waals surface area contributed by atoms with Crippen molar-refractivity contribution in [1.29, 1.82) is 0 Å². The first-order valence-electron chi connectivity index (χ1n) is 4.99. The van der Waals surface area contributed by atoms with E-state index < -0.39 is 5.41 Å². The summed E-state index contributed by atoms with van der Waals surface area (Å²) in [7, 11) is 1.61. The highest BCUT2D eigenvalue weighted by Gasteiger charge is 2.26. The number of carbonyl (C=O) groups excluding carboxylic acids is 1. The van der Waals surface area contributed by atoms with Gasteiger partial charge in [0.05, 0.1) is 17.3 Å². The molecule has 0 fully saturated rings. The fourth-order valence-corrected chi connectivity index (χ4v) is 1.21. The van der Waals surface area contributed by atoms with E-state index in [-0.39, 0.29) is 5.91 Å². The molecule has 6 nitrogen and oxygen atoms in total. The Morgan fingerprint density at radius 1 is 1.56 bits per heavy atom. The molecular formula is C10H17N5O. The predicted octanol–water partition coefficient (Wildman–Crippen LogP) is 0.243. The molecule has 0 aliphatic heterocycles. The largest absolute Gasteiger partial charge is 0.394 e. The molecule has 1 heterocycles. The predicted molar refractivity (Wildman–Crippen MR) is 62.8 cm³/mol. The van der Waals surface area contributed by atoms with Gasteiger partial charge < -0.3 is 16.4 Å². The third-order valence-electron chi connectivity index (χ3n) is 2.28. The van der Waals surface area contributed by atoms with E-state index in [0.717, 1.165) is 0 Å². The Hall–Kier alpha value is -1.85. The maximum atomic E-state index is 11.5.